The molecule has 9 atom stereocenters. The van der Waals surface area contributed by atoms with Crippen molar-refractivity contribution < 1.29 is 0 Å². The van der Waals surface area contributed by atoms with Crippen LogP contribution in [0.5, 0.6) is 0 Å². The van der Waals surface area contributed by atoms with Crippen LogP contribution in [-0.2, 0) is 0 Å². The molecule has 220 valence electrons. The molecular weight excluding hydrogens is 499 g/mol. The van der Waals surface area contributed by atoms with Crippen LogP contribution in [0.3, 0.4) is 0 Å². The Labute approximate surface area is 246 Å². The molecule has 4 aliphatic rings. The monoisotopic (exact) mass is 561 g/mol. The van der Waals surface area contributed by atoms with Gasteiger partial charge in [0.05, 0.1) is 0 Å². The molecule has 38 heavy (non-hydrogen) atoms. The lowest BCUT2D eigenvalue weighted by atomic mass is 9.47. The molecule has 3 unspecified atom stereocenters. The van der Waals surface area contributed by atoms with Gasteiger partial charge in [0.1, 0.15) is 0 Å². The molecule has 0 bridgehead atoms. The number of hydrogen-bond donors (Lipinski definition) is 0. The van der Waals surface area contributed by atoms with Crippen molar-refractivity contribution in [2.24, 2.45) is 52.3 Å². The van der Waals surface area contributed by atoms with Gasteiger partial charge in [-0.25, -0.2) is 0 Å². The Balaban J connectivity index is 1.33. The van der Waals surface area contributed by atoms with E-state index in [4.69, 9.17) is 0 Å². The number of nitrogens with zero attached hydrogens (tertiary/aromatic N) is 1. The molecule has 0 aromatic heterocycles. The van der Waals surface area contributed by atoms with Crippen LogP contribution in [0.2, 0.25) is 0 Å². The van der Waals surface area contributed by atoms with E-state index in [0.717, 1.165) is 46.7 Å². The van der Waals surface area contributed by atoms with Crippen LogP contribution in [0.1, 0.15) is 125 Å². The smallest absolute Gasteiger partial charge is 0.0189 e. The maximum atomic E-state index is 2.80. The van der Waals surface area contributed by atoms with Gasteiger partial charge in [0.15, 0.2) is 0 Å². The quantitative estimate of drug-likeness (QED) is 0.125. The fraction of sp³-hybridized carbons (Fsp3) is 0.943. The van der Waals surface area contributed by atoms with Crippen LogP contribution in [-0.4, -0.2) is 36.5 Å². The van der Waals surface area contributed by atoms with Crippen molar-refractivity contribution in [1.82, 2.24) is 4.90 Å². The van der Waals surface area contributed by atoms with Gasteiger partial charge in [-0.15, -0.1) is 0 Å². The molecule has 0 N–H and O–H groups in total. The van der Waals surface area contributed by atoms with E-state index in [1.165, 1.54) is 95.8 Å². The van der Waals surface area contributed by atoms with Gasteiger partial charge in [0.25, 0.3) is 0 Å². The predicted octanol–water partition coefficient (Wildman–Crippen LogP) is 10.8. The molecule has 0 aromatic carbocycles. The summed E-state index contributed by atoms with van der Waals surface area (Å²) in [6.45, 7) is 16.6. The first-order chi connectivity index (χ1) is 18.1. The standard InChI is InChI=1S/C35H63NS2/c1-9-27(25(2)3)13-12-26(4)31-16-17-32-30-15-14-28-24-29(38-37-23-11-10-22-36(7)8)18-20-34(28,5)33(30)19-21-35(31,32)6/h14,25-27,29-33H,9-13,15-24H2,1-8H3/t26-,27?,29?,30+,31-,32?,33+,34+,35-/m1/s1. The van der Waals surface area contributed by atoms with E-state index in [1.54, 1.807) is 0 Å². The fourth-order valence-electron chi connectivity index (χ4n) is 10.1. The summed E-state index contributed by atoms with van der Waals surface area (Å²) in [7, 11) is 8.78. The normalized spacial score (nSPS) is 38.5. The second-order valence-electron chi connectivity index (χ2n) is 15.2. The highest BCUT2D eigenvalue weighted by Crippen LogP contribution is 2.67. The average molecular weight is 562 g/mol. The molecule has 3 saturated carbocycles. The van der Waals surface area contributed by atoms with Crippen LogP contribution in [0.4, 0.5) is 0 Å². The summed E-state index contributed by atoms with van der Waals surface area (Å²) in [5.74, 6) is 7.89. The van der Waals surface area contributed by atoms with Crippen LogP contribution in [0.25, 0.3) is 0 Å². The topological polar surface area (TPSA) is 3.24 Å². The summed E-state index contributed by atoms with van der Waals surface area (Å²) >= 11 is 0. The minimum absolute atomic E-state index is 0.507. The molecule has 4 aliphatic carbocycles. The average Bonchev–Trinajstić information content (AvgIpc) is 3.23. The van der Waals surface area contributed by atoms with Gasteiger partial charge in [-0.3, -0.25) is 0 Å². The van der Waals surface area contributed by atoms with E-state index in [0.29, 0.717) is 10.8 Å². The summed E-state index contributed by atoms with van der Waals surface area (Å²) in [6, 6.07) is 0. The molecular formula is C35H63NS2. The number of fused-ring (bicyclic) bond motifs is 5. The van der Waals surface area contributed by atoms with Crippen LogP contribution < -0.4 is 0 Å². The van der Waals surface area contributed by atoms with Gasteiger partial charge in [0, 0.05) is 11.0 Å². The maximum Gasteiger partial charge on any atom is 0.0189 e. The molecule has 3 heteroatoms. The van der Waals surface area contributed by atoms with E-state index in [-0.39, 0.29) is 0 Å². The molecule has 0 aliphatic heterocycles. The highest BCUT2D eigenvalue weighted by Gasteiger charge is 2.59. The highest BCUT2D eigenvalue weighted by molar-refractivity contribution is 8.76. The lowest BCUT2D eigenvalue weighted by molar-refractivity contribution is -0.0500. The van der Waals surface area contributed by atoms with E-state index >= 15 is 0 Å². The van der Waals surface area contributed by atoms with Gasteiger partial charge < -0.3 is 4.90 Å². The first-order valence-corrected chi connectivity index (χ1v) is 19.1. The SMILES string of the molecule is CCC(CC[C@@H](C)[C@H]1CCC2[C@@H]3CC=C4CC(SSCCCCN(C)C)CC[C@]4(C)[C@H]3CC[C@@]21C)C(C)C. The molecule has 0 aromatic rings. The second-order valence-corrected chi connectivity index (χ2v) is 18.0. The Morgan fingerprint density at radius 2 is 1.76 bits per heavy atom. The molecule has 0 saturated heterocycles. The van der Waals surface area contributed by atoms with Crippen LogP contribution >= 0.6 is 21.6 Å². The molecule has 1 nitrogen and oxygen atoms in total. The van der Waals surface area contributed by atoms with E-state index in [2.05, 4.69) is 88.2 Å². The Morgan fingerprint density at radius 3 is 2.47 bits per heavy atom. The Kier molecular flexibility index (Phi) is 11.2. The summed E-state index contributed by atoms with van der Waals surface area (Å²) in [5, 5.41) is 0.855. The van der Waals surface area contributed by atoms with Crippen molar-refractivity contribution in [3.63, 3.8) is 0 Å². The summed E-state index contributed by atoms with van der Waals surface area (Å²) in [5.41, 5.74) is 2.99. The van der Waals surface area contributed by atoms with Gasteiger partial charge >= 0.3 is 0 Å². The first-order valence-electron chi connectivity index (χ1n) is 16.7. The largest absolute Gasteiger partial charge is 0.309 e. The Morgan fingerprint density at radius 1 is 0.974 bits per heavy atom. The molecule has 0 spiro atoms. The number of unbranched alkanes of at least 4 members (excludes halogenated alkanes) is 1. The maximum absolute atomic E-state index is 2.80. The zero-order valence-electron chi connectivity index (χ0n) is 26.6. The fourth-order valence-corrected chi connectivity index (χ4v) is 12.9. The van der Waals surface area contributed by atoms with Gasteiger partial charge in [-0.05, 0) is 144 Å². The lowest BCUT2D eigenvalue weighted by Crippen LogP contribution is -2.50. The summed E-state index contributed by atoms with van der Waals surface area (Å²) in [4.78, 5) is 2.32. The van der Waals surface area contributed by atoms with Gasteiger partial charge in [0.2, 0.25) is 0 Å². The number of hydrogen-bond acceptors (Lipinski definition) is 3. The Bertz CT molecular complexity index is 776. The first kappa shape index (κ1) is 31.3. The molecule has 3 fully saturated rings. The number of allylic oxidation sites excluding steroid dienone is 2. The summed E-state index contributed by atoms with van der Waals surface area (Å²) < 4.78 is 0. The van der Waals surface area contributed by atoms with Crippen LogP contribution in [0.15, 0.2) is 11.6 Å². The third-order valence-electron chi connectivity index (χ3n) is 12.6. The lowest BCUT2D eigenvalue weighted by Gasteiger charge is -2.58. The molecule has 0 heterocycles. The zero-order chi connectivity index (χ0) is 27.5. The van der Waals surface area contributed by atoms with Gasteiger partial charge in [-0.1, -0.05) is 87.6 Å². The molecule has 0 amide bonds. The van der Waals surface area contributed by atoms with Crippen molar-refractivity contribution in [2.45, 2.75) is 130 Å². The third kappa shape index (κ3) is 6.72. The highest BCUT2D eigenvalue weighted by atomic mass is 33.1. The van der Waals surface area contributed by atoms with Crippen LogP contribution in [0, 0.1) is 52.3 Å². The summed E-state index contributed by atoms with van der Waals surface area (Å²) in [6.07, 6.45) is 21.5. The van der Waals surface area contributed by atoms with Crippen molar-refractivity contribution in [1.29, 1.82) is 0 Å². The van der Waals surface area contributed by atoms with E-state index in [1.807, 2.05) is 5.57 Å². The van der Waals surface area contributed by atoms with Crippen molar-refractivity contribution in [2.75, 3.05) is 26.4 Å². The van der Waals surface area contributed by atoms with E-state index in [9.17, 15) is 0 Å². The van der Waals surface area contributed by atoms with Crippen molar-refractivity contribution in [3.8, 4) is 0 Å². The second kappa shape index (κ2) is 13.6. The Hall–Kier alpha value is 0.400. The zero-order valence-corrected chi connectivity index (χ0v) is 28.2. The molecule has 4 rings (SSSR count). The number of rotatable bonds is 13. The predicted molar refractivity (Wildman–Crippen MR) is 174 cm³/mol. The molecule has 0 radical (unpaired) electrons. The van der Waals surface area contributed by atoms with Crippen molar-refractivity contribution >= 4 is 21.6 Å². The van der Waals surface area contributed by atoms with Gasteiger partial charge in [-0.2, -0.15) is 0 Å². The minimum atomic E-state index is 0.507. The third-order valence-corrected chi connectivity index (χ3v) is 15.6. The van der Waals surface area contributed by atoms with E-state index < -0.39 is 0 Å². The minimum Gasteiger partial charge on any atom is -0.309 e. The van der Waals surface area contributed by atoms with Crippen molar-refractivity contribution in [3.05, 3.63) is 11.6 Å².